The van der Waals surface area contributed by atoms with Gasteiger partial charge in [-0.3, -0.25) is 4.57 Å². The van der Waals surface area contributed by atoms with E-state index in [1.165, 1.54) is 21.5 Å². The molecule has 6 aromatic carbocycles. The lowest BCUT2D eigenvalue weighted by molar-refractivity contribution is -0.342. The minimum atomic E-state index is 0.657. The summed E-state index contributed by atoms with van der Waals surface area (Å²) >= 11 is 0. The molecule has 3 aromatic heterocycles. The molecule has 1 N–H and O–H groups in total. The van der Waals surface area contributed by atoms with Crippen molar-refractivity contribution in [1.29, 1.82) is 0 Å². The SMILES string of the molecule is c1ccc(-c2ccc3oc4[nH+]c(-c5ccccc5)c(-n5c6ccccc6c6cc7ccccc7cc65)nc4c3c2)cc1. The molecule has 0 saturated heterocycles. The van der Waals surface area contributed by atoms with Crippen LogP contribution in [0.1, 0.15) is 0 Å². The average molecular weight is 539 g/mol. The second-order valence-corrected chi connectivity index (χ2v) is 10.7. The van der Waals surface area contributed by atoms with Gasteiger partial charge in [-0.25, -0.2) is 4.98 Å². The van der Waals surface area contributed by atoms with Crippen molar-refractivity contribution in [2.75, 3.05) is 0 Å². The van der Waals surface area contributed by atoms with Crippen LogP contribution < -0.4 is 4.98 Å². The van der Waals surface area contributed by atoms with Crippen LogP contribution in [0.3, 0.4) is 0 Å². The molecule has 0 fully saturated rings. The second kappa shape index (κ2) is 8.88. The van der Waals surface area contributed by atoms with Gasteiger partial charge in [-0.2, -0.15) is 4.98 Å². The number of H-pyrrole nitrogens is 1. The third kappa shape index (κ3) is 3.42. The Balaban J connectivity index is 1.42. The predicted octanol–water partition coefficient (Wildman–Crippen LogP) is 9.38. The highest BCUT2D eigenvalue weighted by atomic mass is 16.3. The molecule has 4 heteroatoms. The first-order valence-electron chi connectivity index (χ1n) is 14.1. The highest BCUT2D eigenvalue weighted by molar-refractivity contribution is 6.14. The van der Waals surface area contributed by atoms with E-state index in [0.717, 1.165) is 55.7 Å². The van der Waals surface area contributed by atoms with E-state index < -0.39 is 0 Å². The fourth-order valence-corrected chi connectivity index (χ4v) is 6.27. The predicted molar refractivity (Wildman–Crippen MR) is 171 cm³/mol. The number of hydrogen-bond donors (Lipinski definition) is 0. The van der Waals surface area contributed by atoms with E-state index in [1.54, 1.807) is 0 Å². The largest absolute Gasteiger partial charge is 0.403 e. The minimum Gasteiger partial charge on any atom is -0.403 e. The summed E-state index contributed by atoms with van der Waals surface area (Å²) in [5, 5.41) is 5.80. The Kier molecular flexibility index (Phi) is 4.87. The summed E-state index contributed by atoms with van der Waals surface area (Å²) in [5.41, 5.74) is 8.73. The number of furan rings is 1. The third-order valence-electron chi connectivity index (χ3n) is 8.26. The molecule has 0 amide bonds. The van der Waals surface area contributed by atoms with Crippen molar-refractivity contribution in [1.82, 2.24) is 9.55 Å². The van der Waals surface area contributed by atoms with Crippen LogP contribution in [0.4, 0.5) is 0 Å². The molecular formula is C38H24N3O+. The number of benzene rings is 6. The van der Waals surface area contributed by atoms with Gasteiger partial charge in [-0.15, -0.1) is 0 Å². The molecule has 42 heavy (non-hydrogen) atoms. The fourth-order valence-electron chi connectivity index (χ4n) is 6.27. The molecule has 4 nitrogen and oxygen atoms in total. The second-order valence-electron chi connectivity index (χ2n) is 10.7. The molecule has 196 valence electrons. The van der Waals surface area contributed by atoms with Crippen LogP contribution in [0.5, 0.6) is 0 Å². The summed E-state index contributed by atoms with van der Waals surface area (Å²) in [4.78, 5) is 9.10. The molecule has 0 bridgehead atoms. The maximum Gasteiger partial charge on any atom is 0.399 e. The molecular weight excluding hydrogens is 514 g/mol. The van der Waals surface area contributed by atoms with E-state index in [-0.39, 0.29) is 0 Å². The Morgan fingerprint density at radius 2 is 1.21 bits per heavy atom. The molecule has 3 heterocycles. The van der Waals surface area contributed by atoms with Crippen LogP contribution in [0, 0.1) is 0 Å². The van der Waals surface area contributed by atoms with Gasteiger partial charge in [0.25, 0.3) is 5.69 Å². The van der Waals surface area contributed by atoms with Crippen molar-refractivity contribution in [3.05, 3.63) is 140 Å². The van der Waals surface area contributed by atoms with E-state index >= 15 is 0 Å². The molecule has 0 unspecified atom stereocenters. The minimum absolute atomic E-state index is 0.657. The van der Waals surface area contributed by atoms with Gasteiger partial charge in [0, 0.05) is 10.8 Å². The quantitative estimate of drug-likeness (QED) is 0.225. The molecule has 0 radical (unpaired) electrons. The molecule has 0 aliphatic rings. The van der Waals surface area contributed by atoms with Crippen LogP contribution in [0.25, 0.3) is 83.0 Å². The van der Waals surface area contributed by atoms with Crippen LogP contribution in [0.2, 0.25) is 0 Å². The number of nitrogens with zero attached hydrogens (tertiary/aromatic N) is 2. The van der Waals surface area contributed by atoms with Gasteiger partial charge in [0.15, 0.2) is 5.52 Å². The molecule has 0 saturated carbocycles. The monoisotopic (exact) mass is 538 g/mol. The first kappa shape index (κ1) is 23.0. The van der Waals surface area contributed by atoms with Crippen molar-refractivity contribution in [2.24, 2.45) is 0 Å². The number of rotatable bonds is 3. The van der Waals surface area contributed by atoms with Gasteiger partial charge in [-0.1, -0.05) is 97.1 Å². The first-order valence-corrected chi connectivity index (χ1v) is 14.1. The Morgan fingerprint density at radius 1 is 0.524 bits per heavy atom. The molecule has 0 spiro atoms. The van der Waals surface area contributed by atoms with Crippen LogP contribution in [0.15, 0.2) is 144 Å². The van der Waals surface area contributed by atoms with Gasteiger partial charge < -0.3 is 4.42 Å². The number of fused-ring (bicyclic) bond motifs is 7. The first-order chi connectivity index (χ1) is 20.8. The van der Waals surface area contributed by atoms with Crippen molar-refractivity contribution in [3.63, 3.8) is 0 Å². The normalized spacial score (nSPS) is 11.8. The zero-order chi connectivity index (χ0) is 27.6. The lowest BCUT2D eigenvalue weighted by Crippen LogP contribution is -2.14. The third-order valence-corrected chi connectivity index (χ3v) is 8.26. The van der Waals surface area contributed by atoms with Gasteiger partial charge >= 0.3 is 5.71 Å². The smallest absolute Gasteiger partial charge is 0.399 e. The Morgan fingerprint density at radius 3 is 2.02 bits per heavy atom. The summed E-state index contributed by atoms with van der Waals surface area (Å²) in [5.74, 6) is 0.836. The average Bonchev–Trinajstić information content (AvgIpc) is 3.58. The summed E-state index contributed by atoms with van der Waals surface area (Å²) in [6.07, 6.45) is 0. The molecule has 0 atom stereocenters. The van der Waals surface area contributed by atoms with Crippen LogP contribution in [-0.2, 0) is 0 Å². The van der Waals surface area contributed by atoms with Crippen LogP contribution in [-0.4, -0.2) is 9.55 Å². The van der Waals surface area contributed by atoms with Crippen molar-refractivity contribution in [2.45, 2.75) is 0 Å². The summed E-state index contributed by atoms with van der Waals surface area (Å²) in [6, 6.07) is 48.9. The lowest BCUT2D eigenvalue weighted by Gasteiger charge is -2.09. The maximum atomic E-state index is 6.38. The zero-order valence-corrected chi connectivity index (χ0v) is 22.6. The standard InChI is InChI=1S/C38H23N3O/c1-3-11-24(12-4-1)28-19-20-34-31(22-28)36-38(42-34)40-35(25-13-5-2-6-14-25)37(39-36)41-32-18-10-9-17-29(32)30-21-26-15-7-8-16-27(26)23-33(30)41/h1-23H/p+1. The van der Waals surface area contributed by atoms with Gasteiger partial charge in [0.05, 0.1) is 22.0 Å². The molecule has 0 aliphatic carbocycles. The van der Waals surface area contributed by atoms with E-state index in [4.69, 9.17) is 9.40 Å². The van der Waals surface area contributed by atoms with Gasteiger partial charge in [0.2, 0.25) is 5.82 Å². The molecule has 9 rings (SSSR count). The molecule has 9 aromatic rings. The Labute approximate surface area is 241 Å². The van der Waals surface area contributed by atoms with E-state index in [9.17, 15) is 0 Å². The Bertz CT molecular complexity index is 2460. The van der Waals surface area contributed by atoms with Crippen molar-refractivity contribution in [3.8, 4) is 28.2 Å². The van der Waals surface area contributed by atoms with E-state index in [1.807, 2.05) is 18.2 Å². The fraction of sp³-hybridized carbons (Fsp3) is 0. The van der Waals surface area contributed by atoms with E-state index in [0.29, 0.717) is 5.71 Å². The van der Waals surface area contributed by atoms with Crippen LogP contribution >= 0.6 is 0 Å². The number of aromatic nitrogens is 3. The number of nitrogens with one attached hydrogen (secondary N) is 1. The highest BCUT2D eigenvalue weighted by Gasteiger charge is 2.26. The zero-order valence-electron chi connectivity index (χ0n) is 22.6. The van der Waals surface area contributed by atoms with Crippen molar-refractivity contribution < 1.29 is 9.40 Å². The highest BCUT2D eigenvalue weighted by Crippen LogP contribution is 2.38. The number of para-hydroxylation sites is 1. The maximum absolute atomic E-state index is 6.38. The Hall–Kier alpha value is -5.74. The summed E-state index contributed by atoms with van der Waals surface area (Å²) in [6.45, 7) is 0. The lowest BCUT2D eigenvalue weighted by atomic mass is 10.0. The topological polar surface area (TPSA) is 45.1 Å². The summed E-state index contributed by atoms with van der Waals surface area (Å²) in [7, 11) is 0. The van der Waals surface area contributed by atoms with Gasteiger partial charge in [-0.05, 0) is 64.4 Å². The van der Waals surface area contributed by atoms with Gasteiger partial charge in [0.1, 0.15) is 5.58 Å². The van der Waals surface area contributed by atoms with Crippen molar-refractivity contribution >= 4 is 54.8 Å². The van der Waals surface area contributed by atoms with E-state index in [2.05, 4.69) is 131 Å². The molecule has 0 aliphatic heterocycles. The number of hydrogen-bond acceptors (Lipinski definition) is 2. The summed E-state index contributed by atoms with van der Waals surface area (Å²) < 4.78 is 8.68. The number of aromatic amines is 1.